The first-order chi connectivity index (χ1) is 6.68. The van der Waals surface area contributed by atoms with Crippen molar-refractivity contribution in [1.29, 1.82) is 0 Å². The van der Waals surface area contributed by atoms with Crippen LogP contribution in [0.3, 0.4) is 0 Å². The molecule has 0 unspecified atom stereocenters. The number of rotatable bonds is 1. The minimum atomic E-state index is 0.589. The Labute approximate surface area is 93.1 Å². The van der Waals surface area contributed by atoms with E-state index in [2.05, 4.69) is 66.2 Å². The summed E-state index contributed by atoms with van der Waals surface area (Å²) in [6.07, 6.45) is 0. The second kappa shape index (κ2) is 3.74. The number of hydrogen-bond donors (Lipinski definition) is 0. The van der Waals surface area contributed by atoms with Gasteiger partial charge in [0.2, 0.25) is 0 Å². The van der Waals surface area contributed by atoms with Gasteiger partial charge in [-0.1, -0.05) is 54.0 Å². The second-order valence-corrected chi connectivity index (χ2v) is 4.73. The van der Waals surface area contributed by atoms with Gasteiger partial charge in [0.15, 0.2) is 0 Å². The summed E-state index contributed by atoms with van der Waals surface area (Å²) >= 11 is 3.58. The highest BCUT2D eigenvalue weighted by atomic mass is 79.9. The maximum absolute atomic E-state index is 3.58. The average molecular weight is 249 g/mol. The maximum Gasteiger partial charge on any atom is 0.0253 e. The molecule has 0 radical (unpaired) electrons. The van der Waals surface area contributed by atoms with Crippen molar-refractivity contribution >= 4 is 26.7 Å². The molecular weight excluding hydrogens is 236 g/mol. The quantitative estimate of drug-likeness (QED) is 0.685. The fraction of sp³-hybridized carbons (Fsp3) is 0.231. The molecule has 0 spiro atoms. The first-order valence-electron chi connectivity index (χ1n) is 4.86. The van der Waals surface area contributed by atoms with Crippen molar-refractivity contribution in [3.63, 3.8) is 0 Å². The van der Waals surface area contributed by atoms with E-state index in [1.807, 2.05) is 0 Å². The molecule has 2 rings (SSSR count). The molecule has 0 amide bonds. The van der Waals surface area contributed by atoms with E-state index in [-0.39, 0.29) is 0 Å². The van der Waals surface area contributed by atoms with Crippen molar-refractivity contribution in [2.75, 3.05) is 0 Å². The zero-order valence-corrected chi connectivity index (χ0v) is 10.0. The highest BCUT2D eigenvalue weighted by Crippen LogP contribution is 2.27. The van der Waals surface area contributed by atoms with Crippen LogP contribution < -0.4 is 0 Å². The molecule has 0 fully saturated rings. The minimum absolute atomic E-state index is 0.589. The Morgan fingerprint density at radius 3 is 2.57 bits per heavy atom. The van der Waals surface area contributed by atoms with Crippen LogP contribution in [0.2, 0.25) is 0 Å². The summed E-state index contributed by atoms with van der Waals surface area (Å²) in [6.45, 7) is 4.44. The molecule has 0 nitrogen and oxygen atoms in total. The molecule has 0 aliphatic rings. The van der Waals surface area contributed by atoms with E-state index < -0.39 is 0 Å². The van der Waals surface area contributed by atoms with Gasteiger partial charge < -0.3 is 0 Å². The third-order valence-electron chi connectivity index (χ3n) is 2.52. The van der Waals surface area contributed by atoms with E-state index >= 15 is 0 Å². The Balaban J connectivity index is 2.70. The molecule has 0 heterocycles. The molecule has 1 heteroatoms. The molecule has 0 aromatic heterocycles. The van der Waals surface area contributed by atoms with Crippen molar-refractivity contribution in [2.45, 2.75) is 19.8 Å². The Morgan fingerprint density at radius 1 is 1.07 bits per heavy atom. The first kappa shape index (κ1) is 9.72. The van der Waals surface area contributed by atoms with Gasteiger partial charge in [0, 0.05) is 4.47 Å². The molecule has 0 bridgehead atoms. The lowest BCUT2D eigenvalue weighted by Crippen LogP contribution is -1.86. The van der Waals surface area contributed by atoms with Crippen LogP contribution in [-0.2, 0) is 0 Å². The molecule has 0 saturated carbocycles. The summed E-state index contributed by atoms with van der Waals surface area (Å²) < 4.78 is 1.18. The molecule has 0 N–H and O–H groups in total. The van der Waals surface area contributed by atoms with Gasteiger partial charge in [0.05, 0.1) is 0 Å². The number of hydrogen-bond acceptors (Lipinski definition) is 0. The SMILES string of the molecule is CC(C)c1ccc2cccc(Br)c2c1. The van der Waals surface area contributed by atoms with Crippen LogP contribution in [0.5, 0.6) is 0 Å². The zero-order chi connectivity index (χ0) is 10.1. The summed E-state index contributed by atoms with van der Waals surface area (Å²) in [5.41, 5.74) is 1.39. The van der Waals surface area contributed by atoms with Crippen molar-refractivity contribution in [2.24, 2.45) is 0 Å². The third-order valence-corrected chi connectivity index (χ3v) is 3.21. The first-order valence-corrected chi connectivity index (χ1v) is 5.66. The Bertz CT molecular complexity index is 458. The van der Waals surface area contributed by atoms with E-state index in [0.29, 0.717) is 5.92 Å². The Morgan fingerprint density at radius 2 is 1.86 bits per heavy atom. The number of halogens is 1. The molecule has 2 aromatic carbocycles. The molecule has 0 atom stereocenters. The topological polar surface area (TPSA) is 0 Å². The lowest BCUT2D eigenvalue weighted by Gasteiger charge is -2.07. The van der Waals surface area contributed by atoms with Crippen molar-refractivity contribution < 1.29 is 0 Å². The summed E-state index contributed by atoms with van der Waals surface area (Å²) in [4.78, 5) is 0. The Kier molecular flexibility index (Phi) is 2.60. The van der Waals surface area contributed by atoms with Crippen LogP contribution in [0.4, 0.5) is 0 Å². The smallest absolute Gasteiger partial charge is 0.0253 e. The number of benzene rings is 2. The van der Waals surface area contributed by atoms with Gasteiger partial charge in [-0.3, -0.25) is 0 Å². The van der Waals surface area contributed by atoms with Crippen molar-refractivity contribution in [1.82, 2.24) is 0 Å². The molecule has 14 heavy (non-hydrogen) atoms. The van der Waals surface area contributed by atoms with E-state index in [4.69, 9.17) is 0 Å². The van der Waals surface area contributed by atoms with Gasteiger partial charge in [-0.2, -0.15) is 0 Å². The van der Waals surface area contributed by atoms with Crippen LogP contribution in [0.15, 0.2) is 40.9 Å². The summed E-state index contributed by atoms with van der Waals surface area (Å²) in [7, 11) is 0. The van der Waals surface area contributed by atoms with Gasteiger partial charge in [0.1, 0.15) is 0 Å². The van der Waals surface area contributed by atoms with Crippen LogP contribution in [0.25, 0.3) is 10.8 Å². The van der Waals surface area contributed by atoms with Gasteiger partial charge in [-0.25, -0.2) is 0 Å². The van der Waals surface area contributed by atoms with E-state index in [1.165, 1.54) is 20.8 Å². The average Bonchev–Trinajstić information content (AvgIpc) is 2.18. The van der Waals surface area contributed by atoms with Crippen molar-refractivity contribution in [3.05, 3.63) is 46.4 Å². The third kappa shape index (κ3) is 1.69. The normalized spacial score (nSPS) is 11.1. The summed E-state index contributed by atoms with van der Waals surface area (Å²) in [6, 6.07) is 13.0. The largest absolute Gasteiger partial charge is 0.0605 e. The second-order valence-electron chi connectivity index (χ2n) is 3.88. The summed E-state index contributed by atoms with van der Waals surface area (Å²) in [5, 5.41) is 2.60. The molecule has 0 aliphatic heterocycles. The van der Waals surface area contributed by atoms with Crippen LogP contribution in [0.1, 0.15) is 25.3 Å². The fourth-order valence-corrected chi connectivity index (χ4v) is 2.11. The minimum Gasteiger partial charge on any atom is -0.0605 e. The predicted octanol–water partition coefficient (Wildman–Crippen LogP) is 4.73. The van der Waals surface area contributed by atoms with Gasteiger partial charge >= 0.3 is 0 Å². The van der Waals surface area contributed by atoms with E-state index in [9.17, 15) is 0 Å². The van der Waals surface area contributed by atoms with Gasteiger partial charge in [0.25, 0.3) is 0 Å². The molecule has 2 aromatic rings. The molecular formula is C13H13Br. The summed E-state index contributed by atoms with van der Waals surface area (Å²) in [5.74, 6) is 0.589. The lowest BCUT2D eigenvalue weighted by atomic mass is 9.99. The van der Waals surface area contributed by atoms with Gasteiger partial charge in [-0.05, 0) is 34.4 Å². The zero-order valence-electron chi connectivity index (χ0n) is 8.42. The van der Waals surface area contributed by atoms with Crippen LogP contribution in [0, 0.1) is 0 Å². The lowest BCUT2D eigenvalue weighted by molar-refractivity contribution is 0.869. The molecule has 0 saturated heterocycles. The van der Waals surface area contributed by atoms with Crippen molar-refractivity contribution in [3.8, 4) is 0 Å². The Hall–Kier alpha value is -0.820. The highest BCUT2D eigenvalue weighted by Gasteiger charge is 2.02. The van der Waals surface area contributed by atoms with Gasteiger partial charge in [-0.15, -0.1) is 0 Å². The van der Waals surface area contributed by atoms with Crippen LogP contribution >= 0.6 is 15.9 Å². The van der Waals surface area contributed by atoms with Crippen LogP contribution in [-0.4, -0.2) is 0 Å². The maximum atomic E-state index is 3.58. The predicted molar refractivity (Wildman–Crippen MR) is 65.7 cm³/mol. The highest BCUT2D eigenvalue weighted by molar-refractivity contribution is 9.10. The monoisotopic (exact) mass is 248 g/mol. The van der Waals surface area contributed by atoms with E-state index in [0.717, 1.165) is 0 Å². The molecule has 72 valence electrons. The van der Waals surface area contributed by atoms with E-state index in [1.54, 1.807) is 0 Å². The number of fused-ring (bicyclic) bond motifs is 1. The molecule has 0 aliphatic carbocycles. The fourth-order valence-electron chi connectivity index (χ4n) is 1.61. The standard InChI is InChI=1S/C13H13Br/c1-9(2)11-7-6-10-4-3-5-13(14)12(10)8-11/h3-9H,1-2H3.